The summed E-state index contributed by atoms with van der Waals surface area (Å²) >= 11 is 11.8. The monoisotopic (exact) mass is 343 g/mol. The SMILES string of the molecule is C#CCOC1CCC(COC(=O)c2cc(Cl)c(Cl)n2C)CC1. The molecule has 6 heteroatoms. The van der Waals surface area contributed by atoms with E-state index in [0.29, 0.717) is 35.0 Å². The van der Waals surface area contributed by atoms with Crippen molar-refractivity contribution in [1.82, 2.24) is 4.57 Å². The first-order valence-electron chi connectivity index (χ1n) is 7.25. The van der Waals surface area contributed by atoms with Crippen LogP contribution < -0.4 is 0 Å². The van der Waals surface area contributed by atoms with Crippen LogP contribution in [-0.4, -0.2) is 29.9 Å². The summed E-state index contributed by atoms with van der Waals surface area (Å²) in [5.74, 6) is 2.44. The number of carbonyl (C=O) groups is 1. The first kappa shape index (κ1) is 17.2. The average molecular weight is 344 g/mol. The van der Waals surface area contributed by atoms with Crippen molar-refractivity contribution in [2.45, 2.75) is 31.8 Å². The summed E-state index contributed by atoms with van der Waals surface area (Å²) in [7, 11) is 1.68. The molecular formula is C16H19Cl2NO3. The lowest BCUT2D eigenvalue weighted by molar-refractivity contribution is 0.0156. The average Bonchev–Trinajstić information content (AvgIpc) is 2.79. The highest BCUT2D eigenvalue weighted by molar-refractivity contribution is 6.41. The van der Waals surface area contributed by atoms with E-state index in [-0.39, 0.29) is 6.10 Å². The Kier molecular flexibility index (Phi) is 6.19. The van der Waals surface area contributed by atoms with Crippen molar-refractivity contribution in [3.05, 3.63) is 21.9 Å². The van der Waals surface area contributed by atoms with Gasteiger partial charge in [-0.05, 0) is 37.7 Å². The molecule has 0 unspecified atom stereocenters. The van der Waals surface area contributed by atoms with Gasteiger partial charge < -0.3 is 14.0 Å². The van der Waals surface area contributed by atoms with Gasteiger partial charge >= 0.3 is 5.97 Å². The van der Waals surface area contributed by atoms with Crippen molar-refractivity contribution < 1.29 is 14.3 Å². The molecule has 1 aromatic heterocycles. The van der Waals surface area contributed by atoms with Gasteiger partial charge in [-0.1, -0.05) is 29.1 Å². The van der Waals surface area contributed by atoms with Crippen molar-refractivity contribution in [3.8, 4) is 12.3 Å². The van der Waals surface area contributed by atoms with Gasteiger partial charge in [0, 0.05) is 7.05 Å². The topological polar surface area (TPSA) is 40.5 Å². The van der Waals surface area contributed by atoms with Crippen LogP contribution >= 0.6 is 23.2 Å². The number of ether oxygens (including phenoxy) is 2. The summed E-state index contributed by atoms with van der Waals surface area (Å²) in [4.78, 5) is 12.1. The van der Waals surface area contributed by atoms with Gasteiger partial charge in [-0.2, -0.15) is 0 Å². The summed E-state index contributed by atoms with van der Waals surface area (Å²) in [6.07, 6.45) is 9.25. The second-order valence-corrected chi connectivity index (χ2v) is 6.25. The number of aromatic nitrogens is 1. The van der Waals surface area contributed by atoms with Crippen LogP contribution in [0.15, 0.2) is 6.07 Å². The Labute approximate surface area is 140 Å². The molecule has 0 amide bonds. The van der Waals surface area contributed by atoms with E-state index in [2.05, 4.69) is 5.92 Å². The number of halogens is 2. The number of nitrogens with zero attached hydrogens (tertiary/aromatic N) is 1. The van der Waals surface area contributed by atoms with E-state index < -0.39 is 5.97 Å². The van der Waals surface area contributed by atoms with E-state index in [1.807, 2.05) is 0 Å². The van der Waals surface area contributed by atoms with Crippen LogP contribution in [0.3, 0.4) is 0 Å². The fraction of sp³-hybridized carbons (Fsp3) is 0.562. The van der Waals surface area contributed by atoms with Crippen molar-refractivity contribution in [2.75, 3.05) is 13.2 Å². The summed E-state index contributed by atoms with van der Waals surface area (Å²) in [5.41, 5.74) is 0.362. The molecule has 0 spiro atoms. The Hall–Kier alpha value is -1.15. The Morgan fingerprint density at radius 2 is 2.09 bits per heavy atom. The molecule has 0 N–H and O–H groups in total. The molecule has 1 aliphatic rings. The molecule has 0 aliphatic heterocycles. The summed E-state index contributed by atoms with van der Waals surface area (Å²) < 4.78 is 12.4. The molecule has 1 saturated carbocycles. The number of hydrogen-bond acceptors (Lipinski definition) is 3. The smallest absolute Gasteiger partial charge is 0.355 e. The van der Waals surface area contributed by atoms with E-state index in [1.54, 1.807) is 7.05 Å². The van der Waals surface area contributed by atoms with Gasteiger partial charge in [-0.15, -0.1) is 6.42 Å². The maximum Gasteiger partial charge on any atom is 0.355 e. The first-order chi connectivity index (χ1) is 10.5. The third kappa shape index (κ3) is 4.19. The molecule has 0 atom stereocenters. The quantitative estimate of drug-likeness (QED) is 0.604. The van der Waals surface area contributed by atoms with E-state index in [1.165, 1.54) is 10.6 Å². The van der Waals surface area contributed by atoms with Crippen molar-refractivity contribution in [3.63, 3.8) is 0 Å². The van der Waals surface area contributed by atoms with Crippen LogP contribution in [0.4, 0.5) is 0 Å². The molecule has 0 aromatic carbocycles. The van der Waals surface area contributed by atoms with Crippen molar-refractivity contribution in [2.24, 2.45) is 13.0 Å². The zero-order valence-corrected chi connectivity index (χ0v) is 14.0. The molecular weight excluding hydrogens is 325 g/mol. The van der Waals surface area contributed by atoms with Crippen LogP contribution in [0.1, 0.15) is 36.2 Å². The molecule has 1 fully saturated rings. The molecule has 1 aromatic rings. The minimum Gasteiger partial charge on any atom is -0.461 e. The van der Waals surface area contributed by atoms with E-state index >= 15 is 0 Å². The maximum atomic E-state index is 12.1. The summed E-state index contributed by atoms with van der Waals surface area (Å²) in [5, 5.41) is 0.682. The fourth-order valence-corrected chi connectivity index (χ4v) is 3.01. The van der Waals surface area contributed by atoms with Gasteiger partial charge in [0.1, 0.15) is 17.5 Å². The first-order valence-corrected chi connectivity index (χ1v) is 8.01. The van der Waals surface area contributed by atoms with Gasteiger partial charge in [0.2, 0.25) is 0 Å². The highest BCUT2D eigenvalue weighted by Gasteiger charge is 2.24. The van der Waals surface area contributed by atoms with Crippen molar-refractivity contribution >= 4 is 29.2 Å². The minimum atomic E-state index is -0.401. The van der Waals surface area contributed by atoms with E-state index in [9.17, 15) is 4.79 Å². The highest BCUT2D eigenvalue weighted by atomic mass is 35.5. The zero-order valence-electron chi connectivity index (χ0n) is 12.5. The number of terminal acetylenes is 1. The molecule has 2 rings (SSSR count). The van der Waals surface area contributed by atoms with Crippen LogP contribution in [0.2, 0.25) is 10.2 Å². The maximum absolute atomic E-state index is 12.1. The van der Waals surface area contributed by atoms with Gasteiger partial charge in [-0.25, -0.2) is 4.79 Å². The molecule has 1 heterocycles. The van der Waals surface area contributed by atoms with Crippen LogP contribution in [-0.2, 0) is 16.5 Å². The largest absolute Gasteiger partial charge is 0.461 e. The molecule has 0 bridgehead atoms. The van der Waals surface area contributed by atoms with Crippen molar-refractivity contribution in [1.29, 1.82) is 0 Å². The van der Waals surface area contributed by atoms with Gasteiger partial charge in [-0.3, -0.25) is 0 Å². The van der Waals surface area contributed by atoms with Gasteiger partial charge in [0.25, 0.3) is 0 Å². The fourth-order valence-electron chi connectivity index (χ4n) is 2.64. The zero-order chi connectivity index (χ0) is 16.1. The van der Waals surface area contributed by atoms with Crippen LogP contribution in [0.5, 0.6) is 0 Å². The summed E-state index contributed by atoms with van der Waals surface area (Å²) in [6, 6.07) is 1.52. The third-order valence-electron chi connectivity index (χ3n) is 3.97. The predicted molar refractivity (Wildman–Crippen MR) is 86.2 cm³/mol. The second kappa shape index (κ2) is 7.92. The van der Waals surface area contributed by atoms with Crippen LogP contribution in [0, 0.1) is 18.3 Å². The standard InChI is InChI=1S/C16H19Cl2NO3/c1-3-8-21-12-6-4-11(5-7-12)10-22-16(20)14-9-13(17)15(18)19(14)2/h1,9,11-12H,4-8,10H2,2H3. The van der Waals surface area contributed by atoms with E-state index in [0.717, 1.165) is 25.7 Å². The minimum absolute atomic E-state index is 0.230. The van der Waals surface area contributed by atoms with Gasteiger partial charge in [0.15, 0.2) is 0 Å². The molecule has 1 aliphatic carbocycles. The molecule has 22 heavy (non-hydrogen) atoms. The third-order valence-corrected chi connectivity index (χ3v) is 4.81. The summed E-state index contributed by atoms with van der Waals surface area (Å²) in [6.45, 7) is 0.764. The molecule has 0 radical (unpaired) electrons. The normalized spacial score (nSPS) is 21.4. The van der Waals surface area contributed by atoms with Gasteiger partial charge in [0.05, 0.1) is 17.7 Å². The Morgan fingerprint density at radius 3 is 2.64 bits per heavy atom. The number of hydrogen-bond donors (Lipinski definition) is 0. The lowest BCUT2D eigenvalue weighted by Crippen LogP contribution is -2.25. The lowest BCUT2D eigenvalue weighted by atomic mass is 9.88. The van der Waals surface area contributed by atoms with E-state index in [4.69, 9.17) is 39.1 Å². The molecule has 4 nitrogen and oxygen atoms in total. The number of carbonyl (C=O) groups excluding carboxylic acids is 1. The Morgan fingerprint density at radius 1 is 1.41 bits per heavy atom. The van der Waals surface area contributed by atoms with Crippen LogP contribution in [0.25, 0.3) is 0 Å². The predicted octanol–water partition coefficient (Wildman–Crippen LogP) is 3.70. The second-order valence-electron chi connectivity index (χ2n) is 5.48. The Balaban J connectivity index is 1.78. The lowest BCUT2D eigenvalue weighted by Gasteiger charge is -2.27. The number of rotatable bonds is 5. The Bertz CT molecular complexity index is 569. The molecule has 120 valence electrons. The molecule has 0 saturated heterocycles. The number of esters is 1. The highest BCUT2D eigenvalue weighted by Crippen LogP contribution is 2.28.